The number of ether oxygens (including phenoxy) is 2. The lowest BCUT2D eigenvalue weighted by molar-refractivity contribution is -0.190. The van der Waals surface area contributed by atoms with Crippen LogP contribution in [0.15, 0.2) is 59.5 Å². The van der Waals surface area contributed by atoms with Crippen LogP contribution in [0.4, 0.5) is 0 Å². The molecule has 3 rings (SSSR count). The van der Waals surface area contributed by atoms with Crippen LogP contribution in [0, 0.1) is 29.6 Å². The molecule has 0 aromatic heterocycles. The normalized spacial score (nSPS) is 21.1. The number of esters is 2. The van der Waals surface area contributed by atoms with E-state index < -0.39 is 34.3 Å². The van der Waals surface area contributed by atoms with Crippen LogP contribution in [0.5, 0.6) is 0 Å². The molecule has 2 aliphatic rings. The number of hydrogen-bond acceptors (Lipinski definition) is 9. The Morgan fingerprint density at radius 2 is 1.53 bits per heavy atom. The fourth-order valence-corrected chi connectivity index (χ4v) is 8.86. The molecule has 58 heavy (non-hydrogen) atoms. The SMILES string of the molecule is CC(C)CC1CCC(C(C=O)OS(=O)(=O)c2ccccc2)CC1.CCCCC/C=C\C/C=C\C[C@@H](C[C@@H]1OC(=O)[C@H]1CCCCCC)OC(=O)[C@H](CC(C)C)NC=O. The first-order valence-electron chi connectivity index (χ1n) is 22.2. The second-order valence-corrected chi connectivity index (χ2v) is 18.5. The Morgan fingerprint density at radius 3 is 2.14 bits per heavy atom. The van der Waals surface area contributed by atoms with Gasteiger partial charge in [0.1, 0.15) is 24.4 Å². The Bertz CT molecular complexity index is 1470. The van der Waals surface area contributed by atoms with Gasteiger partial charge in [0.05, 0.1) is 10.8 Å². The number of hydrogen-bond donors (Lipinski definition) is 1. The number of aldehydes is 1. The van der Waals surface area contributed by atoms with Crippen molar-refractivity contribution in [3.8, 4) is 0 Å². The zero-order valence-electron chi connectivity index (χ0n) is 36.4. The summed E-state index contributed by atoms with van der Waals surface area (Å²) >= 11 is 0. The first-order chi connectivity index (χ1) is 27.8. The number of amides is 1. The molecule has 0 bridgehead atoms. The summed E-state index contributed by atoms with van der Waals surface area (Å²) in [5.41, 5.74) is 0. The molecule has 1 aromatic carbocycles. The lowest BCUT2D eigenvalue weighted by Gasteiger charge is -2.37. The molecule has 0 spiro atoms. The molecule has 1 heterocycles. The predicted octanol–water partition coefficient (Wildman–Crippen LogP) is 10.2. The van der Waals surface area contributed by atoms with Gasteiger partial charge >= 0.3 is 11.9 Å². The zero-order valence-corrected chi connectivity index (χ0v) is 37.2. The van der Waals surface area contributed by atoms with Crippen molar-refractivity contribution in [2.75, 3.05) is 0 Å². The van der Waals surface area contributed by atoms with E-state index in [2.05, 4.69) is 51.2 Å². The van der Waals surface area contributed by atoms with Gasteiger partial charge in [-0.3, -0.25) is 13.8 Å². The smallest absolute Gasteiger partial charge is 0.328 e. The minimum Gasteiger partial charge on any atom is -0.461 e. The zero-order chi connectivity index (χ0) is 42.8. The van der Waals surface area contributed by atoms with Gasteiger partial charge in [-0.25, -0.2) is 4.79 Å². The maximum atomic E-state index is 12.8. The fourth-order valence-electron chi connectivity index (χ4n) is 7.76. The molecule has 10 nitrogen and oxygen atoms in total. The summed E-state index contributed by atoms with van der Waals surface area (Å²) in [4.78, 5) is 47.4. The molecule has 1 amide bonds. The van der Waals surface area contributed by atoms with Crippen molar-refractivity contribution in [1.82, 2.24) is 5.32 Å². The number of nitrogens with one attached hydrogen (secondary N) is 1. The third-order valence-corrected chi connectivity index (χ3v) is 12.3. The highest BCUT2D eigenvalue weighted by Gasteiger charge is 2.43. The maximum absolute atomic E-state index is 12.8. The molecule has 328 valence electrons. The van der Waals surface area contributed by atoms with E-state index in [1.54, 1.807) is 18.2 Å². The number of cyclic esters (lactones) is 1. The van der Waals surface area contributed by atoms with Gasteiger partial charge in [0.15, 0.2) is 6.29 Å². The molecule has 2 fully saturated rings. The summed E-state index contributed by atoms with van der Waals surface area (Å²) in [5, 5.41) is 2.59. The maximum Gasteiger partial charge on any atom is 0.328 e. The Kier molecular flexibility index (Phi) is 25.4. The van der Waals surface area contributed by atoms with Crippen molar-refractivity contribution >= 4 is 34.8 Å². The van der Waals surface area contributed by atoms with Gasteiger partial charge < -0.3 is 19.6 Å². The first-order valence-corrected chi connectivity index (χ1v) is 23.6. The van der Waals surface area contributed by atoms with Gasteiger partial charge in [-0.1, -0.05) is 135 Å². The summed E-state index contributed by atoms with van der Waals surface area (Å²) in [6.45, 7) is 12.8. The molecule has 1 unspecified atom stereocenters. The van der Waals surface area contributed by atoms with Crippen LogP contribution in [0.3, 0.4) is 0 Å². The third-order valence-electron chi connectivity index (χ3n) is 11.0. The van der Waals surface area contributed by atoms with E-state index >= 15 is 0 Å². The van der Waals surface area contributed by atoms with E-state index in [1.165, 1.54) is 44.2 Å². The van der Waals surface area contributed by atoms with Gasteiger partial charge in [0.25, 0.3) is 10.1 Å². The predicted molar refractivity (Wildman–Crippen MR) is 230 cm³/mol. The number of allylic oxidation sites excluding steroid dienone is 3. The van der Waals surface area contributed by atoms with Crippen LogP contribution in [0.2, 0.25) is 0 Å². The molecular formula is C47H75NO9S. The Balaban J connectivity index is 0.000000434. The second kappa shape index (κ2) is 29.0. The van der Waals surface area contributed by atoms with Gasteiger partial charge in [0, 0.05) is 12.8 Å². The number of carbonyl (C=O) groups is 4. The van der Waals surface area contributed by atoms with Gasteiger partial charge in [-0.05, 0) is 87.2 Å². The average Bonchev–Trinajstić information content (AvgIpc) is 3.19. The Morgan fingerprint density at radius 1 is 0.862 bits per heavy atom. The van der Waals surface area contributed by atoms with Crippen LogP contribution in [0.25, 0.3) is 0 Å². The van der Waals surface area contributed by atoms with Crippen molar-refractivity contribution in [1.29, 1.82) is 0 Å². The van der Waals surface area contributed by atoms with Crippen LogP contribution < -0.4 is 5.32 Å². The van der Waals surface area contributed by atoms with Crippen molar-refractivity contribution in [3.63, 3.8) is 0 Å². The number of benzene rings is 1. The highest BCUT2D eigenvalue weighted by molar-refractivity contribution is 7.86. The molecule has 1 aromatic rings. The second-order valence-electron chi connectivity index (χ2n) is 17.0. The first kappa shape index (κ1) is 50.8. The van der Waals surface area contributed by atoms with E-state index in [0.717, 1.165) is 64.2 Å². The molecule has 1 N–H and O–H groups in total. The van der Waals surface area contributed by atoms with Crippen LogP contribution in [0.1, 0.15) is 157 Å². The largest absolute Gasteiger partial charge is 0.461 e. The summed E-state index contributed by atoms with van der Waals surface area (Å²) in [5.74, 6) is 0.919. The third kappa shape index (κ3) is 20.1. The highest BCUT2D eigenvalue weighted by Crippen LogP contribution is 2.36. The molecule has 1 aliphatic carbocycles. The summed E-state index contributed by atoms with van der Waals surface area (Å²) in [6, 6.07) is 7.32. The lowest BCUT2D eigenvalue weighted by Crippen LogP contribution is -2.48. The van der Waals surface area contributed by atoms with Crippen LogP contribution in [-0.2, 0) is 43.0 Å². The molecule has 0 radical (unpaired) electrons. The van der Waals surface area contributed by atoms with Crippen molar-refractivity contribution in [3.05, 3.63) is 54.6 Å². The molecule has 5 atom stereocenters. The quantitative estimate of drug-likeness (QED) is 0.0287. The number of rotatable bonds is 28. The number of carbonyl (C=O) groups excluding carboxylic acids is 4. The van der Waals surface area contributed by atoms with Crippen LogP contribution >= 0.6 is 0 Å². The van der Waals surface area contributed by atoms with E-state index in [4.69, 9.17) is 13.7 Å². The lowest BCUT2D eigenvalue weighted by atomic mass is 9.77. The monoisotopic (exact) mass is 830 g/mol. The van der Waals surface area contributed by atoms with E-state index in [9.17, 15) is 27.6 Å². The van der Waals surface area contributed by atoms with Crippen molar-refractivity contribution in [2.24, 2.45) is 29.6 Å². The molecule has 1 saturated carbocycles. The molecule has 1 aliphatic heterocycles. The van der Waals surface area contributed by atoms with Crippen molar-refractivity contribution in [2.45, 2.75) is 186 Å². The minimum absolute atomic E-state index is 0.00519. The van der Waals surface area contributed by atoms with Gasteiger partial charge in [-0.15, -0.1) is 0 Å². The Hall–Kier alpha value is -3.31. The van der Waals surface area contributed by atoms with E-state index in [0.29, 0.717) is 43.8 Å². The molecule has 1 saturated heterocycles. The van der Waals surface area contributed by atoms with Crippen LogP contribution in [-0.4, -0.2) is 57.4 Å². The molecular weight excluding hydrogens is 755 g/mol. The minimum atomic E-state index is -3.88. The number of unbranched alkanes of at least 4 members (excludes halogenated alkanes) is 6. The summed E-state index contributed by atoms with van der Waals surface area (Å²) < 4.78 is 41.1. The average molecular weight is 830 g/mol. The summed E-state index contributed by atoms with van der Waals surface area (Å²) in [6.07, 6.45) is 25.7. The van der Waals surface area contributed by atoms with Crippen molar-refractivity contribution < 1.29 is 41.3 Å². The van der Waals surface area contributed by atoms with E-state index in [-0.39, 0.29) is 34.7 Å². The Labute approximate surface area is 350 Å². The summed E-state index contributed by atoms with van der Waals surface area (Å²) in [7, 11) is -3.88. The van der Waals surface area contributed by atoms with E-state index in [1.807, 2.05) is 19.9 Å². The van der Waals surface area contributed by atoms with Gasteiger partial charge in [0.2, 0.25) is 6.41 Å². The molecule has 11 heteroatoms. The standard InChI is InChI=1S/C29H49NO5.C18H26O4S/c1-5-7-9-11-12-13-14-15-16-18-24(34-29(33)26(30-22-31)20-23(3)4)21-27-25(28(32)35-27)19-17-10-8-6-2;1-14(2)12-15-8-10-16(11-9-15)18(13-19)22-23(20,21)17-6-4-3-5-7-17/h12-13,15-16,22-27H,5-11,14,17-21H2,1-4H3,(H,30,31);3-7,13-16,18H,8-12H2,1-2H3/b13-12-,16-15-;/t24-,25-,26-,27-;/m0./s1. The van der Waals surface area contributed by atoms with Gasteiger partial charge in [-0.2, -0.15) is 8.42 Å². The highest BCUT2D eigenvalue weighted by atomic mass is 32.2. The topological polar surface area (TPSA) is 142 Å². The fraction of sp³-hybridized carbons (Fsp3) is 0.702.